The normalized spacial score (nSPS) is 11.6. The first kappa shape index (κ1) is 18.2. The van der Waals surface area contributed by atoms with E-state index in [-0.39, 0.29) is 17.4 Å². The van der Waals surface area contributed by atoms with Crippen LogP contribution in [-0.2, 0) is 14.3 Å². The Kier molecular flexibility index (Phi) is 7.66. The van der Waals surface area contributed by atoms with Gasteiger partial charge in [-0.15, -0.1) is 11.8 Å². The van der Waals surface area contributed by atoms with Gasteiger partial charge in [0.25, 0.3) is 5.91 Å². The van der Waals surface area contributed by atoms with Crippen LogP contribution in [-0.4, -0.2) is 36.1 Å². The van der Waals surface area contributed by atoms with Crippen molar-refractivity contribution in [1.82, 2.24) is 5.32 Å². The molecule has 22 heavy (non-hydrogen) atoms. The SMILES string of the molecule is CCCNC(=O)[C@H](C)OC(=O)c1ccccc1SCC(C)=O. The number of carbonyl (C=O) groups excluding carboxylic acids is 3. The maximum absolute atomic E-state index is 12.2. The summed E-state index contributed by atoms with van der Waals surface area (Å²) in [5.74, 6) is -0.563. The fraction of sp³-hybridized carbons (Fsp3) is 0.438. The maximum atomic E-state index is 12.2. The molecule has 1 atom stereocenters. The van der Waals surface area contributed by atoms with E-state index in [9.17, 15) is 14.4 Å². The van der Waals surface area contributed by atoms with Gasteiger partial charge in [0.15, 0.2) is 6.10 Å². The van der Waals surface area contributed by atoms with Crippen molar-refractivity contribution in [3.63, 3.8) is 0 Å². The van der Waals surface area contributed by atoms with Gasteiger partial charge in [-0.2, -0.15) is 0 Å². The average molecular weight is 323 g/mol. The number of ketones is 1. The number of rotatable bonds is 8. The Bertz CT molecular complexity index is 545. The van der Waals surface area contributed by atoms with Gasteiger partial charge in [0.2, 0.25) is 0 Å². The average Bonchev–Trinajstić information content (AvgIpc) is 2.50. The molecule has 0 aliphatic rings. The van der Waals surface area contributed by atoms with Crippen LogP contribution in [0.3, 0.4) is 0 Å². The molecule has 0 saturated carbocycles. The predicted molar refractivity (Wildman–Crippen MR) is 86.0 cm³/mol. The van der Waals surface area contributed by atoms with Crippen LogP contribution in [0.1, 0.15) is 37.6 Å². The fourth-order valence-electron chi connectivity index (χ4n) is 1.61. The van der Waals surface area contributed by atoms with E-state index in [2.05, 4.69) is 5.32 Å². The summed E-state index contributed by atoms with van der Waals surface area (Å²) in [4.78, 5) is 35.7. The number of ether oxygens (including phenoxy) is 1. The molecule has 1 aromatic rings. The number of hydrogen-bond donors (Lipinski definition) is 1. The molecule has 1 aromatic carbocycles. The van der Waals surface area contributed by atoms with E-state index in [1.807, 2.05) is 6.92 Å². The van der Waals surface area contributed by atoms with Gasteiger partial charge in [-0.25, -0.2) is 4.79 Å². The van der Waals surface area contributed by atoms with E-state index < -0.39 is 12.1 Å². The van der Waals surface area contributed by atoms with Gasteiger partial charge < -0.3 is 10.1 Å². The first-order valence-electron chi connectivity index (χ1n) is 7.15. The van der Waals surface area contributed by atoms with Crippen LogP contribution in [0.25, 0.3) is 0 Å². The third-order valence-corrected chi connectivity index (χ3v) is 3.96. The number of Topliss-reactive ketones (excluding diaryl/α,β-unsaturated/α-hetero) is 1. The lowest BCUT2D eigenvalue weighted by atomic mass is 10.2. The van der Waals surface area contributed by atoms with E-state index in [4.69, 9.17) is 4.74 Å². The molecule has 0 aromatic heterocycles. The smallest absolute Gasteiger partial charge is 0.340 e. The molecule has 1 rings (SSSR count). The van der Waals surface area contributed by atoms with Crippen molar-refractivity contribution in [1.29, 1.82) is 0 Å². The lowest BCUT2D eigenvalue weighted by Crippen LogP contribution is -2.36. The highest BCUT2D eigenvalue weighted by Gasteiger charge is 2.20. The standard InChI is InChI=1S/C16H21NO4S/c1-4-9-17-15(19)12(3)21-16(20)13-7-5-6-8-14(13)22-10-11(2)18/h5-8,12H,4,9-10H2,1-3H3,(H,17,19)/t12-/m0/s1. The summed E-state index contributed by atoms with van der Waals surface area (Å²) in [6.45, 7) is 5.52. The van der Waals surface area contributed by atoms with E-state index in [0.29, 0.717) is 17.0 Å². The highest BCUT2D eigenvalue weighted by Crippen LogP contribution is 2.23. The van der Waals surface area contributed by atoms with Crippen molar-refractivity contribution >= 4 is 29.4 Å². The number of carbonyl (C=O) groups is 3. The number of benzene rings is 1. The van der Waals surface area contributed by atoms with Crippen LogP contribution < -0.4 is 5.32 Å². The van der Waals surface area contributed by atoms with Gasteiger partial charge in [0, 0.05) is 11.4 Å². The molecule has 120 valence electrons. The number of nitrogens with one attached hydrogen (secondary N) is 1. The van der Waals surface area contributed by atoms with Gasteiger partial charge in [-0.05, 0) is 32.4 Å². The van der Waals surface area contributed by atoms with Crippen LogP contribution in [0.4, 0.5) is 0 Å². The number of esters is 1. The topological polar surface area (TPSA) is 72.5 Å². The molecule has 0 aliphatic heterocycles. The first-order valence-corrected chi connectivity index (χ1v) is 8.14. The van der Waals surface area contributed by atoms with Crippen LogP contribution in [0.5, 0.6) is 0 Å². The second-order valence-corrected chi connectivity index (χ2v) is 5.84. The zero-order chi connectivity index (χ0) is 16.5. The van der Waals surface area contributed by atoms with Crippen molar-refractivity contribution in [3.8, 4) is 0 Å². The Balaban J connectivity index is 2.72. The molecule has 1 amide bonds. The molecule has 0 aliphatic carbocycles. The largest absolute Gasteiger partial charge is 0.449 e. The molecule has 5 nitrogen and oxygen atoms in total. The van der Waals surface area contributed by atoms with Crippen molar-refractivity contribution in [2.75, 3.05) is 12.3 Å². The molecular formula is C16H21NO4S. The molecule has 0 fully saturated rings. The number of amides is 1. The highest BCUT2D eigenvalue weighted by molar-refractivity contribution is 8.00. The van der Waals surface area contributed by atoms with Gasteiger partial charge >= 0.3 is 5.97 Å². The number of hydrogen-bond acceptors (Lipinski definition) is 5. The van der Waals surface area contributed by atoms with Gasteiger partial charge in [0.05, 0.1) is 11.3 Å². The van der Waals surface area contributed by atoms with Crippen LogP contribution >= 0.6 is 11.8 Å². The minimum Gasteiger partial charge on any atom is -0.449 e. The molecule has 0 bridgehead atoms. The minimum absolute atomic E-state index is 0.0282. The lowest BCUT2D eigenvalue weighted by molar-refractivity contribution is -0.129. The highest BCUT2D eigenvalue weighted by atomic mass is 32.2. The second-order valence-electron chi connectivity index (χ2n) is 4.83. The Hall–Kier alpha value is -1.82. The lowest BCUT2D eigenvalue weighted by Gasteiger charge is -2.14. The Morgan fingerprint density at radius 3 is 2.59 bits per heavy atom. The monoisotopic (exact) mass is 323 g/mol. The molecule has 0 heterocycles. The fourth-order valence-corrected chi connectivity index (χ4v) is 2.45. The minimum atomic E-state index is -0.857. The Morgan fingerprint density at radius 1 is 1.27 bits per heavy atom. The van der Waals surface area contributed by atoms with Gasteiger partial charge in [-0.3, -0.25) is 9.59 Å². The molecule has 0 saturated heterocycles. The summed E-state index contributed by atoms with van der Waals surface area (Å²) in [5, 5.41) is 2.68. The zero-order valence-electron chi connectivity index (χ0n) is 13.0. The van der Waals surface area contributed by atoms with Crippen molar-refractivity contribution in [2.45, 2.75) is 38.2 Å². The summed E-state index contributed by atoms with van der Waals surface area (Å²) >= 11 is 1.28. The van der Waals surface area contributed by atoms with Crippen LogP contribution in [0.15, 0.2) is 29.2 Å². The van der Waals surface area contributed by atoms with Gasteiger partial charge in [-0.1, -0.05) is 19.1 Å². The summed E-state index contributed by atoms with van der Waals surface area (Å²) in [6.07, 6.45) is -0.0402. The van der Waals surface area contributed by atoms with Crippen LogP contribution in [0.2, 0.25) is 0 Å². The first-order chi connectivity index (χ1) is 10.5. The Labute approximate surface area is 134 Å². The molecule has 6 heteroatoms. The molecule has 1 N–H and O–H groups in total. The van der Waals surface area contributed by atoms with Gasteiger partial charge in [0.1, 0.15) is 5.78 Å². The molecule has 0 unspecified atom stereocenters. The van der Waals surface area contributed by atoms with Crippen molar-refractivity contribution in [2.24, 2.45) is 0 Å². The van der Waals surface area contributed by atoms with E-state index in [0.717, 1.165) is 6.42 Å². The third-order valence-electron chi connectivity index (χ3n) is 2.74. The summed E-state index contributed by atoms with van der Waals surface area (Å²) in [6, 6.07) is 6.89. The summed E-state index contributed by atoms with van der Waals surface area (Å²) in [7, 11) is 0. The molecule has 0 radical (unpaired) electrons. The number of thioether (sulfide) groups is 1. The van der Waals surface area contributed by atoms with Crippen LogP contribution in [0, 0.1) is 0 Å². The third kappa shape index (κ3) is 5.89. The predicted octanol–water partition coefficient (Wildman–Crippen LogP) is 2.44. The Morgan fingerprint density at radius 2 is 1.95 bits per heavy atom. The van der Waals surface area contributed by atoms with E-state index in [1.54, 1.807) is 24.3 Å². The van der Waals surface area contributed by atoms with E-state index in [1.165, 1.54) is 25.6 Å². The molecular weight excluding hydrogens is 302 g/mol. The van der Waals surface area contributed by atoms with E-state index >= 15 is 0 Å². The van der Waals surface area contributed by atoms with Crippen molar-refractivity contribution in [3.05, 3.63) is 29.8 Å². The molecule has 0 spiro atoms. The second kappa shape index (κ2) is 9.25. The summed E-state index contributed by atoms with van der Waals surface area (Å²) < 4.78 is 5.19. The quantitative estimate of drug-likeness (QED) is 0.587. The zero-order valence-corrected chi connectivity index (χ0v) is 13.9. The van der Waals surface area contributed by atoms with Crippen molar-refractivity contribution < 1.29 is 19.1 Å². The maximum Gasteiger partial charge on any atom is 0.340 e. The summed E-state index contributed by atoms with van der Waals surface area (Å²) in [5.41, 5.74) is 0.365.